The number of halogens is 2. The molecule has 5 heteroatoms. The quantitative estimate of drug-likeness (QED) is 0.899. The van der Waals surface area contributed by atoms with Gasteiger partial charge < -0.3 is 14.8 Å². The third kappa shape index (κ3) is 2.60. The average molecular weight is 269 g/mol. The van der Waals surface area contributed by atoms with Gasteiger partial charge in [0, 0.05) is 17.8 Å². The van der Waals surface area contributed by atoms with E-state index in [0.29, 0.717) is 6.04 Å². The zero-order chi connectivity index (χ0) is 13.5. The van der Waals surface area contributed by atoms with Gasteiger partial charge in [-0.05, 0) is 37.3 Å². The summed E-state index contributed by atoms with van der Waals surface area (Å²) in [6.07, 6.45) is 1.16. The average Bonchev–Trinajstić information content (AvgIpc) is 2.91. The molecule has 1 saturated carbocycles. The molecule has 0 bridgehead atoms. The number of hydrogen-bond donors (Lipinski definition) is 1. The highest BCUT2D eigenvalue weighted by Crippen LogP contribution is 2.42. The molecule has 1 aromatic carbocycles. The Balaban J connectivity index is 1.68. The normalized spacial score (nSPS) is 27.5. The topological polar surface area (TPSA) is 30.5 Å². The van der Waals surface area contributed by atoms with Gasteiger partial charge in [0.15, 0.2) is 11.5 Å². The molecule has 2 unspecified atom stereocenters. The molecular formula is C14H17F2NO2. The molecule has 0 spiro atoms. The van der Waals surface area contributed by atoms with E-state index >= 15 is 0 Å². The van der Waals surface area contributed by atoms with E-state index in [2.05, 4.69) is 21.7 Å². The fraction of sp³-hybridized carbons (Fsp3) is 0.571. The largest absolute Gasteiger partial charge is 0.586 e. The van der Waals surface area contributed by atoms with Crippen molar-refractivity contribution < 1.29 is 18.3 Å². The molecule has 1 aliphatic heterocycles. The zero-order valence-electron chi connectivity index (χ0n) is 10.8. The van der Waals surface area contributed by atoms with Gasteiger partial charge in [0.05, 0.1) is 0 Å². The number of nitrogens with one attached hydrogen (secondary N) is 1. The van der Waals surface area contributed by atoms with Crippen LogP contribution in [-0.2, 0) is 0 Å². The van der Waals surface area contributed by atoms with Crippen LogP contribution in [0.15, 0.2) is 18.2 Å². The van der Waals surface area contributed by atoms with Crippen molar-refractivity contribution in [3.8, 4) is 11.5 Å². The molecule has 1 fully saturated rings. The number of fused-ring (bicyclic) bond motifs is 1. The van der Waals surface area contributed by atoms with Crippen LogP contribution >= 0.6 is 0 Å². The van der Waals surface area contributed by atoms with Crippen molar-refractivity contribution in [2.75, 3.05) is 5.32 Å². The molecule has 0 aromatic heterocycles. The fourth-order valence-electron chi connectivity index (χ4n) is 2.85. The first-order valence-electron chi connectivity index (χ1n) is 6.72. The molecule has 0 radical (unpaired) electrons. The Kier molecular flexibility index (Phi) is 2.99. The van der Waals surface area contributed by atoms with Crippen LogP contribution in [0.1, 0.15) is 32.6 Å². The predicted octanol–water partition coefficient (Wildman–Crippen LogP) is 4.00. The summed E-state index contributed by atoms with van der Waals surface area (Å²) in [5.41, 5.74) is 0.807. The highest BCUT2D eigenvalue weighted by atomic mass is 19.3. The SMILES string of the molecule is CCC1CCC(Nc2ccc3c(c2)OC(F)(F)O3)C1. The fourth-order valence-corrected chi connectivity index (χ4v) is 2.85. The molecule has 104 valence electrons. The highest BCUT2D eigenvalue weighted by molar-refractivity contribution is 5.56. The monoisotopic (exact) mass is 269 g/mol. The number of alkyl halides is 2. The van der Waals surface area contributed by atoms with Gasteiger partial charge in [0.1, 0.15) is 0 Å². The lowest BCUT2D eigenvalue weighted by atomic mass is 10.1. The van der Waals surface area contributed by atoms with E-state index in [9.17, 15) is 8.78 Å². The summed E-state index contributed by atoms with van der Waals surface area (Å²) < 4.78 is 34.6. The van der Waals surface area contributed by atoms with Gasteiger partial charge in [-0.1, -0.05) is 13.3 Å². The number of ether oxygens (including phenoxy) is 2. The molecule has 3 nitrogen and oxygen atoms in total. The van der Waals surface area contributed by atoms with Crippen LogP contribution in [0.5, 0.6) is 11.5 Å². The summed E-state index contributed by atoms with van der Waals surface area (Å²) in [6, 6.07) is 5.27. The van der Waals surface area contributed by atoms with E-state index in [-0.39, 0.29) is 11.5 Å². The maximum Gasteiger partial charge on any atom is 0.586 e. The van der Waals surface area contributed by atoms with Crippen molar-refractivity contribution in [2.24, 2.45) is 5.92 Å². The predicted molar refractivity (Wildman–Crippen MR) is 67.7 cm³/mol. The third-order valence-electron chi connectivity index (χ3n) is 3.89. The number of hydrogen-bond acceptors (Lipinski definition) is 3. The van der Waals surface area contributed by atoms with Gasteiger partial charge >= 0.3 is 6.29 Å². The van der Waals surface area contributed by atoms with Crippen molar-refractivity contribution in [2.45, 2.75) is 44.9 Å². The van der Waals surface area contributed by atoms with Crippen molar-refractivity contribution in [1.29, 1.82) is 0 Å². The molecule has 1 N–H and O–H groups in total. The molecule has 19 heavy (non-hydrogen) atoms. The van der Waals surface area contributed by atoms with Crippen LogP contribution in [0.25, 0.3) is 0 Å². The standard InChI is InChI=1S/C14H17F2NO2/c1-2-9-3-4-10(7-9)17-11-5-6-12-13(8-11)19-14(15,16)18-12/h5-6,8-10,17H,2-4,7H2,1H3. The van der Waals surface area contributed by atoms with E-state index in [1.807, 2.05) is 0 Å². The van der Waals surface area contributed by atoms with Crippen molar-refractivity contribution in [3.05, 3.63) is 18.2 Å². The van der Waals surface area contributed by atoms with Crippen LogP contribution in [-0.4, -0.2) is 12.3 Å². The van der Waals surface area contributed by atoms with Crippen LogP contribution in [0.3, 0.4) is 0 Å². The Labute approximate surface area is 110 Å². The Hall–Kier alpha value is -1.52. The lowest BCUT2D eigenvalue weighted by molar-refractivity contribution is -0.286. The third-order valence-corrected chi connectivity index (χ3v) is 3.89. The van der Waals surface area contributed by atoms with Crippen molar-refractivity contribution >= 4 is 5.69 Å². The first-order chi connectivity index (χ1) is 9.05. The molecular weight excluding hydrogens is 252 g/mol. The maximum atomic E-state index is 12.9. The first-order valence-corrected chi connectivity index (χ1v) is 6.72. The second kappa shape index (κ2) is 4.54. The van der Waals surface area contributed by atoms with Gasteiger partial charge in [-0.2, -0.15) is 0 Å². The van der Waals surface area contributed by atoms with Crippen LogP contribution in [0, 0.1) is 5.92 Å². The Morgan fingerprint density at radius 3 is 2.79 bits per heavy atom. The minimum absolute atomic E-state index is 0.0911. The molecule has 2 aliphatic rings. The van der Waals surface area contributed by atoms with E-state index in [0.717, 1.165) is 24.4 Å². The van der Waals surface area contributed by atoms with Crippen LogP contribution in [0.4, 0.5) is 14.5 Å². The number of benzene rings is 1. The summed E-state index contributed by atoms with van der Waals surface area (Å²) in [6.45, 7) is 2.20. The highest BCUT2D eigenvalue weighted by Gasteiger charge is 2.43. The van der Waals surface area contributed by atoms with Crippen molar-refractivity contribution in [1.82, 2.24) is 0 Å². The summed E-state index contributed by atoms with van der Waals surface area (Å²) in [4.78, 5) is 0. The minimum atomic E-state index is -3.54. The van der Waals surface area contributed by atoms with Crippen LogP contribution in [0.2, 0.25) is 0 Å². The van der Waals surface area contributed by atoms with E-state index in [4.69, 9.17) is 0 Å². The molecule has 0 amide bonds. The molecule has 0 saturated heterocycles. The summed E-state index contributed by atoms with van der Waals surface area (Å²) in [7, 11) is 0. The van der Waals surface area contributed by atoms with Gasteiger partial charge in [-0.3, -0.25) is 0 Å². The lowest BCUT2D eigenvalue weighted by Crippen LogP contribution is -2.25. The summed E-state index contributed by atoms with van der Waals surface area (Å²) >= 11 is 0. The maximum absolute atomic E-state index is 12.9. The first kappa shape index (κ1) is 12.5. The summed E-state index contributed by atoms with van der Waals surface area (Å²) in [5, 5.41) is 3.38. The Morgan fingerprint density at radius 2 is 2.05 bits per heavy atom. The van der Waals surface area contributed by atoms with E-state index < -0.39 is 6.29 Å². The van der Waals surface area contributed by atoms with Gasteiger partial charge in [0.25, 0.3) is 0 Å². The Morgan fingerprint density at radius 1 is 1.26 bits per heavy atom. The van der Waals surface area contributed by atoms with Gasteiger partial charge in [-0.15, -0.1) is 8.78 Å². The van der Waals surface area contributed by atoms with Gasteiger partial charge in [0.2, 0.25) is 0 Å². The molecule has 1 aromatic rings. The Bertz CT molecular complexity index is 479. The zero-order valence-corrected chi connectivity index (χ0v) is 10.8. The van der Waals surface area contributed by atoms with E-state index in [1.165, 1.54) is 18.9 Å². The number of rotatable bonds is 3. The molecule has 1 aliphatic carbocycles. The second-order valence-electron chi connectivity index (χ2n) is 5.26. The molecule has 1 heterocycles. The molecule has 3 rings (SSSR count). The van der Waals surface area contributed by atoms with Crippen molar-refractivity contribution in [3.63, 3.8) is 0 Å². The van der Waals surface area contributed by atoms with Gasteiger partial charge in [-0.25, -0.2) is 0 Å². The van der Waals surface area contributed by atoms with E-state index in [1.54, 1.807) is 12.1 Å². The number of anilines is 1. The smallest absolute Gasteiger partial charge is 0.395 e. The van der Waals surface area contributed by atoms with Crippen LogP contribution < -0.4 is 14.8 Å². The molecule has 2 atom stereocenters. The summed E-state index contributed by atoms with van der Waals surface area (Å²) in [5.74, 6) is 0.962. The second-order valence-corrected chi connectivity index (χ2v) is 5.26. The lowest BCUT2D eigenvalue weighted by Gasteiger charge is -2.14. The minimum Gasteiger partial charge on any atom is -0.395 e.